The first-order valence-corrected chi connectivity index (χ1v) is 6.01. The molecule has 1 N–H and O–H groups in total. The molecule has 0 aliphatic carbocycles. The van der Waals surface area contributed by atoms with Crippen LogP contribution < -0.4 is 0 Å². The molecule has 5 heteroatoms. The van der Waals surface area contributed by atoms with Gasteiger partial charge in [0.05, 0.1) is 0 Å². The van der Waals surface area contributed by atoms with E-state index in [0.29, 0.717) is 10.6 Å². The number of thioether (sulfide) groups is 1. The van der Waals surface area contributed by atoms with Crippen LogP contribution in [0.15, 0.2) is 18.2 Å². The number of carboxylic acids is 1. The van der Waals surface area contributed by atoms with E-state index < -0.39 is 16.5 Å². The third kappa shape index (κ3) is 3.12. The zero-order valence-electron chi connectivity index (χ0n) is 8.96. The quantitative estimate of drug-likeness (QED) is 0.901. The SMILES string of the molecule is CC(C)(SCc1c(F)cccc1Cl)C(=O)O. The first kappa shape index (κ1) is 13.3. The van der Waals surface area contributed by atoms with Gasteiger partial charge < -0.3 is 5.11 Å². The van der Waals surface area contributed by atoms with Gasteiger partial charge in [-0.15, -0.1) is 11.8 Å². The molecule has 1 rings (SSSR count). The average Bonchev–Trinajstić information content (AvgIpc) is 2.16. The molecule has 0 radical (unpaired) electrons. The van der Waals surface area contributed by atoms with Crippen LogP contribution in [0, 0.1) is 5.82 Å². The van der Waals surface area contributed by atoms with Crippen molar-refractivity contribution < 1.29 is 14.3 Å². The maximum Gasteiger partial charge on any atom is 0.319 e. The molecular formula is C11H12ClFO2S. The molecule has 0 amide bonds. The van der Waals surface area contributed by atoms with E-state index in [-0.39, 0.29) is 5.75 Å². The van der Waals surface area contributed by atoms with Gasteiger partial charge in [0.1, 0.15) is 10.6 Å². The van der Waals surface area contributed by atoms with Crippen molar-refractivity contribution in [2.45, 2.75) is 24.3 Å². The van der Waals surface area contributed by atoms with Gasteiger partial charge in [-0.25, -0.2) is 4.39 Å². The number of carbonyl (C=O) groups is 1. The van der Waals surface area contributed by atoms with Gasteiger partial charge in [-0.05, 0) is 26.0 Å². The third-order valence-corrected chi connectivity index (χ3v) is 3.84. The van der Waals surface area contributed by atoms with Crippen molar-refractivity contribution in [1.29, 1.82) is 0 Å². The smallest absolute Gasteiger partial charge is 0.319 e. The topological polar surface area (TPSA) is 37.3 Å². The highest BCUT2D eigenvalue weighted by Crippen LogP contribution is 2.31. The minimum absolute atomic E-state index is 0.241. The van der Waals surface area contributed by atoms with E-state index in [2.05, 4.69) is 0 Å². The van der Waals surface area contributed by atoms with Crippen molar-refractivity contribution in [3.8, 4) is 0 Å². The summed E-state index contributed by atoms with van der Waals surface area (Å²) >= 11 is 6.98. The molecule has 1 aromatic carbocycles. The Bertz CT molecular complexity index is 387. The minimum Gasteiger partial charge on any atom is -0.480 e. The lowest BCUT2D eigenvalue weighted by atomic mass is 10.2. The monoisotopic (exact) mass is 262 g/mol. The maximum absolute atomic E-state index is 13.4. The molecule has 1 aromatic rings. The van der Waals surface area contributed by atoms with E-state index in [1.165, 1.54) is 12.1 Å². The van der Waals surface area contributed by atoms with E-state index in [1.54, 1.807) is 19.9 Å². The number of carboxylic acid groups (broad SMARTS) is 1. The zero-order valence-corrected chi connectivity index (χ0v) is 10.5. The molecule has 0 aliphatic rings. The van der Waals surface area contributed by atoms with Gasteiger partial charge in [0, 0.05) is 16.3 Å². The Labute approximate surface area is 103 Å². The van der Waals surface area contributed by atoms with Gasteiger partial charge in [0.2, 0.25) is 0 Å². The maximum atomic E-state index is 13.4. The summed E-state index contributed by atoms with van der Waals surface area (Å²) in [6.07, 6.45) is 0. The zero-order chi connectivity index (χ0) is 12.3. The molecule has 0 spiro atoms. The van der Waals surface area contributed by atoms with Crippen LogP contribution in [-0.4, -0.2) is 15.8 Å². The summed E-state index contributed by atoms with van der Waals surface area (Å²) in [7, 11) is 0. The van der Waals surface area contributed by atoms with E-state index in [9.17, 15) is 9.18 Å². The molecule has 0 aliphatic heterocycles. The molecule has 0 fully saturated rings. The van der Waals surface area contributed by atoms with Crippen LogP contribution in [0.1, 0.15) is 19.4 Å². The number of hydrogen-bond acceptors (Lipinski definition) is 2. The number of rotatable bonds is 4. The first-order valence-electron chi connectivity index (χ1n) is 4.65. The second-order valence-corrected chi connectivity index (χ2v) is 5.81. The van der Waals surface area contributed by atoms with Crippen LogP contribution in [0.3, 0.4) is 0 Å². The fraction of sp³-hybridized carbons (Fsp3) is 0.364. The predicted octanol–water partition coefficient (Wildman–Crippen LogP) is 3.58. The number of benzene rings is 1. The molecule has 0 aromatic heterocycles. The van der Waals surface area contributed by atoms with E-state index in [4.69, 9.17) is 16.7 Å². The normalized spacial score (nSPS) is 11.5. The van der Waals surface area contributed by atoms with Gasteiger partial charge in [-0.1, -0.05) is 17.7 Å². The van der Waals surface area contributed by atoms with Crippen LogP contribution in [0.5, 0.6) is 0 Å². The van der Waals surface area contributed by atoms with Crippen molar-refractivity contribution in [1.82, 2.24) is 0 Å². The van der Waals surface area contributed by atoms with Crippen molar-refractivity contribution >= 4 is 29.3 Å². The minimum atomic E-state index is -0.953. The highest BCUT2D eigenvalue weighted by molar-refractivity contribution is 8.00. The third-order valence-electron chi connectivity index (χ3n) is 2.15. The summed E-state index contributed by atoms with van der Waals surface area (Å²) in [5, 5.41) is 9.24. The van der Waals surface area contributed by atoms with E-state index >= 15 is 0 Å². The number of halogens is 2. The Morgan fingerprint density at radius 2 is 2.19 bits per heavy atom. The first-order chi connectivity index (χ1) is 7.34. The van der Waals surface area contributed by atoms with Crippen LogP contribution in [-0.2, 0) is 10.5 Å². The molecule has 0 unspecified atom stereocenters. The van der Waals surface area contributed by atoms with E-state index in [0.717, 1.165) is 11.8 Å². The van der Waals surface area contributed by atoms with Crippen molar-refractivity contribution in [2.75, 3.05) is 0 Å². The molecule has 0 atom stereocenters. The van der Waals surface area contributed by atoms with Crippen molar-refractivity contribution in [2.24, 2.45) is 0 Å². The fourth-order valence-electron chi connectivity index (χ4n) is 0.985. The van der Waals surface area contributed by atoms with Gasteiger partial charge in [-0.3, -0.25) is 4.79 Å². The molecular weight excluding hydrogens is 251 g/mol. The summed E-state index contributed by atoms with van der Waals surface area (Å²) in [6, 6.07) is 4.43. The predicted molar refractivity (Wildman–Crippen MR) is 64.4 cm³/mol. The molecule has 0 bridgehead atoms. The van der Waals surface area contributed by atoms with E-state index in [1.807, 2.05) is 0 Å². The van der Waals surface area contributed by atoms with Crippen LogP contribution in [0.25, 0.3) is 0 Å². The lowest BCUT2D eigenvalue weighted by Gasteiger charge is -2.18. The average molecular weight is 263 g/mol. The molecule has 0 saturated carbocycles. The second kappa shape index (κ2) is 5.06. The highest BCUT2D eigenvalue weighted by atomic mass is 35.5. The van der Waals surface area contributed by atoms with Crippen LogP contribution in [0.2, 0.25) is 5.02 Å². The van der Waals surface area contributed by atoms with Gasteiger partial charge in [0.25, 0.3) is 0 Å². The Balaban J connectivity index is 2.79. The molecule has 0 heterocycles. The number of hydrogen-bond donors (Lipinski definition) is 1. The van der Waals surface area contributed by atoms with Crippen molar-refractivity contribution in [3.05, 3.63) is 34.6 Å². The Hall–Kier alpha value is -0.740. The largest absolute Gasteiger partial charge is 0.480 e. The van der Waals surface area contributed by atoms with Gasteiger partial charge in [0.15, 0.2) is 0 Å². The molecule has 0 saturated heterocycles. The number of aliphatic carboxylic acids is 1. The fourth-order valence-corrected chi connectivity index (χ4v) is 2.22. The van der Waals surface area contributed by atoms with Crippen LogP contribution in [0.4, 0.5) is 4.39 Å². The summed E-state index contributed by atoms with van der Waals surface area (Å²) in [5.74, 6) is -1.09. The molecule has 88 valence electrons. The summed E-state index contributed by atoms with van der Waals surface area (Å²) in [6.45, 7) is 3.16. The molecule has 16 heavy (non-hydrogen) atoms. The van der Waals surface area contributed by atoms with Crippen LogP contribution >= 0.6 is 23.4 Å². The van der Waals surface area contributed by atoms with Gasteiger partial charge in [-0.2, -0.15) is 0 Å². The highest BCUT2D eigenvalue weighted by Gasteiger charge is 2.28. The Morgan fingerprint density at radius 3 is 2.69 bits per heavy atom. The van der Waals surface area contributed by atoms with Crippen molar-refractivity contribution in [3.63, 3.8) is 0 Å². The lowest BCUT2D eigenvalue weighted by molar-refractivity contribution is -0.138. The summed E-state index contributed by atoms with van der Waals surface area (Å²) in [4.78, 5) is 10.9. The Kier molecular flexibility index (Phi) is 4.21. The summed E-state index contributed by atoms with van der Waals surface area (Å²) < 4.78 is 12.4. The standard InChI is InChI=1S/C11H12ClFO2S/c1-11(2,10(14)15)16-6-7-8(12)4-3-5-9(7)13/h3-5H,6H2,1-2H3,(H,14,15). The second-order valence-electron chi connectivity index (χ2n) is 3.80. The Morgan fingerprint density at radius 1 is 1.56 bits per heavy atom. The molecule has 2 nitrogen and oxygen atoms in total. The lowest BCUT2D eigenvalue weighted by Crippen LogP contribution is -2.27. The van der Waals surface area contributed by atoms with Gasteiger partial charge >= 0.3 is 5.97 Å². The summed E-state index contributed by atoms with van der Waals surface area (Å²) in [5.41, 5.74) is 0.350.